The molecule has 2 aromatic heterocycles. The van der Waals surface area contributed by atoms with Gasteiger partial charge in [0.25, 0.3) is 0 Å². The van der Waals surface area contributed by atoms with Crippen molar-refractivity contribution in [2.75, 3.05) is 5.32 Å². The fraction of sp³-hybridized carbons (Fsp3) is 0.0625. The van der Waals surface area contributed by atoms with Crippen LogP contribution in [-0.2, 0) is 6.18 Å². The Hall–Kier alpha value is -2.63. The lowest BCUT2D eigenvalue weighted by Gasteiger charge is -2.11. The normalized spacial score (nSPS) is 11.3. The molecule has 2 heterocycles. The number of halogens is 5. The number of nitrogens with one attached hydrogen (secondary N) is 1. The molecule has 150 valence electrons. The molecule has 3 rings (SSSR count). The van der Waals surface area contributed by atoms with Crippen LogP contribution < -0.4 is 5.32 Å². The van der Waals surface area contributed by atoms with Gasteiger partial charge in [-0.3, -0.25) is 10.1 Å². The van der Waals surface area contributed by atoms with E-state index in [1.807, 2.05) is 0 Å². The number of hydrogen-bond donors (Lipinski definition) is 1. The highest BCUT2D eigenvalue weighted by molar-refractivity contribution is 7.99. The Labute approximate surface area is 175 Å². The van der Waals surface area contributed by atoms with E-state index in [2.05, 4.69) is 20.3 Å². The summed E-state index contributed by atoms with van der Waals surface area (Å²) in [5, 5.41) is 14.2. The summed E-state index contributed by atoms with van der Waals surface area (Å²) in [6.07, 6.45) is -2.99. The van der Waals surface area contributed by atoms with Gasteiger partial charge in [0.15, 0.2) is 10.8 Å². The topological polar surface area (TPSA) is 93.8 Å². The predicted octanol–water partition coefficient (Wildman–Crippen LogP) is 6.00. The number of benzene rings is 1. The summed E-state index contributed by atoms with van der Waals surface area (Å²) in [7, 11) is 0. The Kier molecular flexibility index (Phi) is 6.10. The van der Waals surface area contributed by atoms with Crippen LogP contribution in [0.5, 0.6) is 0 Å². The third-order valence-electron chi connectivity index (χ3n) is 3.40. The van der Waals surface area contributed by atoms with Crippen molar-refractivity contribution in [1.29, 1.82) is 0 Å². The van der Waals surface area contributed by atoms with Crippen molar-refractivity contribution in [3.05, 3.63) is 68.6 Å². The Morgan fingerprint density at radius 1 is 1.07 bits per heavy atom. The quantitative estimate of drug-likeness (QED) is 0.282. The highest BCUT2D eigenvalue weighted by atomic mass is 35.5. The summed E-state index contributed by atoms with van der Waals surface area (Å²) in [5.41, 5.74) is -1.53. The number of anilines is 2. The van der Waals surface area contributed by atoms with Crippen LogP contribution in [-0.4, -0.2) is 19.9 Å². The van der Waals surface area contributed by atoms with Crippen molar-refractivity contribution in [3.63, 3.8) is 0 Å². The van der Waals surface area contributed by atoms with Gasteiger partial charge in [0, 0.05) is 16.1 Å². The minimum atomic E-state index is -4.63. The molecule has 0 atom stereocenters. The van der Waals surface area contributed by atoms with E-state index < -0.39 is 22.4 Å². The minimum absolute atomic E-state index is 0.0119. The van der Waals surface area contributed by atoms with Gasteiger partial charge >= 0.3 is 11.9 Å². The summed E-state index contributed by atoms with van der Waals surface area (Å²) in [4.78, 5) is 22.8. The van der Waals surface area contributed by atoms with Crippen LogP contribution in [0.3, 0.4) is 0 Å². The Bertz CT molecular complexity index is 1070. The Morgan fingerprint density at radius 2 is 1.76 bits per heavy atom. The molecule has 0 aliphatic carbocycles. The predicted molar refractivity (Wildman–Crippen MR) is 102 cm³/mol. The first-order chi connectivity index (χ1) is 13.6. The van der Waals surface area contributed by atoms with Gasteiger partial charge in [-0.2, -0.15) is 13.2 Å². The lowest BCUT2D eigenvalue weighted by Crippen LogP contribution is -2.08. The molecular weight excluding hydrogens is 454 g/mol. The highest BCUT2D eigenvalue weighted by Crippen LogP contribution is 2.39. The second-order valence-electron chi connectivity index (χ2n) is 5.37. The molecule has 0 bridgehead atoms. The maximum absolute atomic E-state index is 12.7. The van der Waals surface area contributed by atoms with Crippen molar-refractivity contribution in [1.82, 2.24) is 15.0 Å². The fourth-order valence-corrected chi connectivity index (χ4v) is 3.31. The maximum Gasteiger partial charge on any atom is 0.417 e. The average molecular weight is 462 g/mol. The van der Waals surface area contributed by atoms with E-state index >= 15 is 0 Å². The number of nitro groups is 1. The SMILES string of the molecule is O=[N+]([O-])c1c(Nc2ncc(C(F)(F)F)cc2Cl)ncnc1Sc1ccc(Cl)cc1. The third-order valence-corrected chi connectivity index (χ3v) is 4.94. The van der Waals surface area contributed by atoms with Crippen molar-refractivity contribution >= 4 is 52.3 Å². The second kappa shape index (κ2) is 8.39. The van der Waals surface area contributed by atoms with Crippen LogP contribution in [0.1, 0.15) is 5.56 Å². The standard InChI is InChI=1S/C16H8Cl2F3N5O2S/c17-9-1-3-10(4-2-9)29-15-12(26(27)28)14(23-7-24-15)25-13-11(18)5-8(6-22-13)16(19,20)21/h1-7H,(H,22,23,24,25). The van der Waals surface area contributed by atoms with Crippen molar-refractivity contribution < 1.29 is 18.1 Å². The highest BCUT2D eigenvalue weighted by Gasteiger charge is 2.32. The minimum Gasteiger partial charge on any atom is -0.318 e. The largest absolute Gasteiger partial charge is 0.417 e. The van der Waals surface area contributed by atoms with E-state index in [4.69, 9.17) is 23.2 Å². The van der Waals surface area contributed by atoms with Gasteiger partial charge in [-0.1, -0.05) is 35.0 Å². The average Bonchev–Trinajstić information content (AvgIpc) is 2.64. The van der Waals surface area contributed by atoms with E-state index in [-0.39, 0.29) is 21.7 Å². The van der Waals surface area contributed by atoms with Gasteiger partial charge < -0.3 is 5.32 Å². The van der Waals surface area contributed by atoms with Gasteiger partial charge in [0.05, 0.1) is 15.5 Å². The molecule has 0 saturated carbocycles. The number of aromatic nitrogens is 3. The summed E-state index contributed by atoms with van der Waals surface area (Å²) in [6.45, 7) is 0. The summed E-state index contributed by atoms with van der Waals surface area (Å²) in [5.74, 6) is -0.487. The number of pyridine rings is 1. The van der Waals surface area contributed by atoms with E-state index in [0.29, 0.717) is 22.2 Å². The van der Waals surface area contributed by atoms with Crippen LogP contribution in [0.2, 0.25) is 10.0 Å². The molecule has 0 fully saturated rings. The van der Waals surface area contributed by atoms with Crippen LogP contribution >= 0.6 is 35.0 Å². The smallest absolute Gasteiger partial charge is 0.318 e. The molecule has 0 amide bonds. The zero-order valence-electron chi connectivity index (χ0n) is 13.9. The molecule has 0 radical (unpaired) electrons. The monoisotopic (exact) mass is 461 g/mol. The first kappa shape index (κ1) is 21.1. The van der Waals surface area contributed by atoms with Gasteiger partial charge in [-0.25, -0.2) is 15.0 Å². The molecule has 7 nitrogen and oxygen atoms in total. The van der Waals surface area contributed by atoms with E-state index in [1.165, 1.54) is 0 Å². The fourth-order valence-electron chi connectivity index (χ4n) is 2.10. The Morgan fingerprint density at radius 3 is 2.34 bits per heavy atom. The van der Waals surface area contributed by atoms with Crippen LogP contribution in [0.15, 0.2) is 52.8 Å². The van der Waals surface area contributed by atoms with E-state index in [0.717, 1.165) is 18.1 Å². The summed E-state index contributed by atoms with van der Waals surface area (Å²) in [6, 6.07) is 7.19. The molecule has 0 unspecified atom stereocenters. The van der Waals surface area contributed by atoms with Crippen molar-refractivity contribution in [2.24, 2.45) is 0 Å². The van der Waals surface area contributed by atoms with Gasteiger partial charge in [-0.15, -0.1) is 0 Å². The molecule has 1 N–H and O–H groups in total. The van der Waals surface area contributed by atoms with Crippen LogP contribution in [0.4, 0.5) is 30.5 Å². The summed E-state index contributed by atoms with van der Waals surface area (Å²) < 4.78 is 38.2. The van der Waals surface area contributed by atoms with Gasteiger partial charge in [-0.05, 0) is 30.3 Å². The van der Waals surface area contributed by atoms with Gasteiger partial charge in [0.1, 0.15) is 6.33 Å². The third kappa shape index (κ3) is 5.05. The van der Waals surface area contributed by atoms with Crippen LogP contribution in [0, 0.1) is 10.1 Å². The van der Waals surface area contributed by atoms with E-state index in [9.17, 15) is 23.3 Å². The second-order valence-corrected chi connectivity index (χ2v) is 7.27. The first-order valence-corrected chi connectivity index (χ1v) is 9.15. The molecular formula is C16H8Cl2F3N5O2S. The molecule has 29 heavy (non-hydrogen) atoms. The summed E-state index contributed by atoms with van der Waals surface area (Å²) >= 11 is 12.7. The molecule has 0 saturated heterocycles. The number of nitrogens with zero attached hydrogens (tertiary/aromatic N) is 4. The number of rotatable bonds is 5. The zero-order chi connectivity index (χ0) is 21.2. The Balaban J connectivity index is 1.96. The molecule has 0 spiro atoms. The van der Waals surface area contributed by atoms with Gasteiger partial charge in [0.2, 0.25) is 5.82 Å². The molecule has 3 aromatic rings. The van der Waals surface area contributed by atoms with E-state index in [1.54, 1.807) is 24.3 Å². The van der Waals surface area contributed by atoms with Crippen molar-refractivity contribution in [3.8, 4) is 0 Å². The lowest BCUT2D eigenvalue weighted by molar-refractivity contribution is -0.387. The molecule has 0 aliphatic rings. The first-order valence-electron chi connectivity index (χ1n) is 7.57. The molecule has 1 aromatic carbocycles. The number of alkyl halides is 3. The van der Waals surface area contributed by atoms with Crippen LogP contribution in [0.25, 0.3) is 0 Å². The van der Waals surface area contributed by atoms with Crippen molar-refractivity contribution in [2.45, 2.75) is 16.1 Å². The molecule has 13 heteroatoms. The maximum atomic E-state index is 12.7. The number of hydrogen-bond acceptors (Lipinski definition) is 7. The lowest BCUT2D eigenvalue weighted by atomic mass is 10.3. The molecule has 0 aliphatic heterocycles. The zero-order valence-corrected chi connectivity index (χ0v) is 16.3.